The molecule has 1 unspecified atom stereocenters. The maximum absolute atomic E-state index is 12.2. The summed E-state index contributed by atoms with van der Waals surface area (Å²) in [6.45, 7) is 11.4. The van der Waals surface area contributed by atoms with Crippen LogP contribution in [0.5, 0.6) is 5.75 Å². The molecule has 0 aliphatic heterocycles. The van der Waals surface area contributed by atoms with Crippen molar-refractivity contribution in [2.75, 3.05) is 7.11 Å². The average Bonchev–Trinajstić information content (AvgIpc) is 3.07. The van der Waals surface area contributed by atoms with Crippen molar-refractivity contribution in [3.8, 4) is 5.75 Å². The number of phenolic OH excluding ortho intramolecular Hbond substituents is 1. The summed E-state index contributed by atoms with van der Waals surface area (Å²) < 4.78 is 4.78. The maximum atomic E-state index is 12.2. The van der Waals surface area contributed by atoms with E-state index in [1.807, 2.05) is 0 Å². The molecule has 3 heteroatoms. The lowest BCUT2D eigenvalue weighted by atomic mass is 9.70. The van der Waals surface area contributed by atoms with Crippen molar-refractivity contribution in [2.24, 2.45) is 0 Å². The Labute approximate surface area is 281 Å². The molecule has 1 N–H and O–H groups in total. The zero-order valence-corrected chi connectivity index (χ0v) is 29.9. The molecule has 3 rings (SSSR count). The molecule has 0 aromatic heterocycles. The first-order chi connectivity index (χ1) is 22.1. The van der Waals surface area contributed by atoms with Crippen LogP contribution in [0, 0.1) is 0 Å². The van der Waals surface area contributed by atoms with Crippen LogP contribution in [0.4, 0.5) is 0 Å². The first kappa shape index (κ1) is 37.4. The third-order valence-corrected chi connectivity index (χ3v) is 10.3. The Kier molecular flexibility index (Phi) is 15.4. The summed E-state index contributed by atoms with van der Waals surface area (Å²) in [6, 6.07) is 26.1. The van der Waals surface area contributed by atoms with Crippen LogP contribution in [0.3, 0.4) is 0 Å². The highest BCUT2D eigenvalue weighted by molar-refractivity contribution is 5.69. The molecule has 1 atom stereocenters. The molecule has 0 aliphatic rings. The standard InChI is InChI=1S/C43H62O3/c1-7-8-9-10-13-18-25-34(26-19-14-11-12-15-24-31-40(44)46-6)38-32-37(42(2,3)35-27-20-16-21-28-35)33-39(41(38)45)43(4,5)36-29-22-17-23-30-36/h16-17,20-23,27-30,32-34,45H,7-15,18-19,24-26,31H2,1-6H3. The van der Waals surface area contributed by atoms with Gasteiger partial charge in [-0.1, -0.05) is 178 Å². The van der Waals surface area contributed by atoms with E-state index in [2.05, 4.69) is 107 Å². The van der Waals surface area contributed by atoms with Gasteiger partial charge in [0.15, 0.2) is 0 Å². The highest BCUT2D eigenvalue weighted by Gasteiger charge is 2.33. The van der Waals surface area contributed by atoms with Crippen molar-refractivity contribution in [3.63, 3.8) is 0 Å². The predicted molar refractivity (Wildman–Crippen MR) is 195 cm³/mol. The fourth-order valence-electron chi connectivity index (χ4n) is 6.93. The van der Waals surface area contributed by atoms with Gasteiger partial charge in [0.2, 0.25) is 0 Å². The normalized spacial score (nSPS) is 12.7. The minimum Gasteiger partial charge on any atom is -0.507 e. The third kappa shape index (κ3) is 10.7. The van der Waals surface area contributed by atoms with Crippen LogP contribution in [-0.2, 0) is 20.4 Å². The average molecular weight is 627 g/mol. The van der Waals surface area contributed by atoms with E-state index in [0.717, 1.165) is 49.7 Å². The minimum atomic E-state index is -0.349. The number of ether oxygens (including phenoxy) is 1. The molecule has 0 spiro atoms. The second kappa shape index (κ2) is 18.9. The monoisotopic (exact) mass is 626 g/mol. The first-order valence-electron chi connectivity index (χ1n) is 18.2. The Hall–Kier alpha value is -3.07. The summed E-state index contributed by atoms with van der Waals surface area (Å²) in [5.41, 5.74) is 5.36. The van der Waals surface area contributed by atoms with Crippen LogP contribution in [0.25, 0.3) is 0 Å². The predicted octanol–water partition coefficient (Wildman–Crippen LogP) is 12.2. The van der Waals surface area contributed by atoms with Gasteiger partial charge < -0.3 is 9.84 Å². The van der Waals surface area contributed by atoms with Crippen LogP contribution >= 0.6 is 0 Å². The molecule has 3 aromatic rings. The molecule has 0 radical (unpaired) electrons. The summed E-state index contributed by atoms with van der Waals surface area (Å²) in [5.74, 6) is 0.701. The van der Waals surface area contributed by atoms with Crippen molar-refractivity contribution < 1.29 is 14.6 Å². The highest BCUT2D eigenvalue weighted by atomic mass is 16.5. The zero-order valence-electron chi connectivity index (χ0n) is 29.9. The number of esters is 1. The van der Waals surface area contributed by atoms with E-state index >= 15 is 0 Å². The molecule has 0 saturated carbocycles. The van der Waals surface area contributed by atoms with E-state index in [9.17, 15) is 9.90 Å². The van der Waals surface area contributed by atoms with E-state index in [1.54, 1.807) is 0 Å². The number of hydrogen-bond donors (Lipinski definition) is 1. The zero-order chi connectivity index (χ0) is 33.4. The second-order valence-electron chi connectivity index (χ2n) is 14.4. The Morgan fingerprint density at radius 1 is 0.652 bits per heavy atom. The lowest BCUT2D eigenvalue weighted by Gasteiger charge is -2.34. The summed E-state index contributed by atoms with van der Waals surface area (Å²) >= 11 is 0. The quantitative estimate of drug-likeness (QED) is 0.0945. The third-order valence-electron chi connectivity index (χ3n) is 10.3. The molecule has 252 valence electrons. The lowest BCUT2D eigenvalue weighted by molar-refractivity contribution is -0.140. The van der Waals surface area contributed by atoms with Gasteiger partial charge in [0.05, 0.1) is 7.11 Å². The van der Waals surface area contributed by atoms with E-state index in [-0.39, 0.29) is 16.8 Å². The lowest BCUT2D eigenvalue weighted by Crippen LogP contribution is -2.24. The van der Waals surface area contributed by atoms with E-state index in [4.69, 9.17) is 4.74 Å². The molecule has 0 fully saturated rings. The molecular weight excluding hydrogens is 564 g/mol. The number of carbonyl (C=O) groups is 1. The SMILES string of the molecule is CCCCCCCCC(CCCCCCCCC(=O)OC)c1cc(C(C)(C)c2ccccc2)cc(C(C)(C)c2ccccc2)c1O. The fraction of sp³-hybridized carbons (Fsp3) is 0.558. The van der Waals surface area contributed by atoms with E-state index < -0.39 is 0 Å². The number of phenols is 1. The number of benzene rings is 3. The van der Waals surface area contributed by atoms with Gasteiger partial charge in [0.25, 0.3) is 0 Å². The summed E-state index contributed by atoms with van der Waals surface area (Å²) in [7, 11) is 1.46. The number of carbonyl (C=O) groups excluding carboxylic acids is 1. The Balaban J connectivity index is 1.93. The van der Waals surface area contributed by atoms with Crippen molar-refractivity contribution in [3.05, 3.63) is 101 Å². The summed E-state index contributed by atoms with van der Waals surface area (Å²) in [6.07, 6.45) is 17.0. The first-order valence-corrected chi connectivity index (χ1v) is 18.2. The Morgan fingerprint density at radius 2 is 1.13 bits per heavy atom. The van der Waals surface area contributed by atoms with Gasteiger partial charge in [-0.25, -0.2) is 0 Å². The van der Waals surface area contributed by atoms with Gasteiger partial charge in [-0.3, -0.25) is 4.79 Å². The fourth-order valence-corrected chi connectivity index (χ4v) is 6.93. The second-order valence-corrected chi connectivity index (χ2v) is 14.4. The van der Waals surface area contributed by atoms with Crippen molar-refractivity contribution >= 4 is 5.97 Å². The van der Waals surface area contributed by atoms with Crippen LogP contribution in [-0.4, -0.2) is 18.2 Å². The Bertz CT molecular complexity index is 1290. The highest BCUT2D eigenvalue weighted by Crippen LogP contribution is 2.46. The molecular formula is C43H62O3. The van der Waals surface area contributed by atoms with E-state index in [1.165, 1.54) is 75.2 Å². The summed E-state index contributed by atoms with van der Waals surface area (Å²) in [5, 5.41) is 12.2. The number of rotatable bonds is 21. The minimum absolute atomic E-state index is 0.107. The van der Waals surface area contributed by atoms with E-state index in [0.29, 0.717) is 18.1 Å². The van der Waals surface area contributed by atoms with Crippen LogP contribution < -0.4 is 0 Å². The van der Waals surface area contributed by atoms with Gasteiger partial charge >= 0.3 is 5.97 Å². The molecule has 0 saturated heterocycles. The molecule has 0 aliphatic carbocycles. The van der Waals surface area contributed by atoms with Crippen molar-refractivity contribution in [1.29, 1.82) is 0 Å². The maximum Gasteiger partial charge on any atom is 0.305 e. The molecule has 46 heavy (non-hydrogen) atoms. The van der Waals surface area contributed by atoms with Crippen LogP contribution in [0.1, 0.15) is 165 Å². The van der Waals surface area contributed by atoms with Gasteiger partial charge in [-0.15, -0.1) is 0 Å². The largest absolute Gasteiger partial charge is 0.507 e. The molecule has 0 bridgehead atoms. The van der Waals surface area contributed by atoms with Gasteiger partial charge in [-0.05, 0) is 47.4 Å². The number of aromatic hydroxyl groups is 1. The van der Waals surface area contributed by atoms with Gasteiger partial charge in [0.1, 0.15) is 5.75 Å². The van der Waals surface area contributed by atoms with Crippen LogP contribution in [0.2, 0.25) is 0 Å². The van der Waals surface area contributed by atoms with Crippen molar-refractivity contribution in [2.45, 2.75) is 148 Å². The Morgan fingerprint density at radius 3 is 1.65 bits per heavy atom. The topological polar surface area (TPSA) is 46.5 Å². The number of methoxy groups -OCH3 is 1. The van der Waals surface area contributed by atoms with Crippen LogP contribution in [0.15, 0.2) is 72.8 Å². The molecule has 3 nitrogen and oxygen atoms in total. The number of unbranched alkanes of at least 4 members (excludes halogenated alkanes) is 10. The summed E-state index contributed by atoms with van der Waals surface area (Å²) in [4.78, 5) is 11.4. The van der Waals surface area contributed by atoms with Gasteiger partial charge in [-0.2, -0.15) is 0 Å². The molecule has 0 heterocycles. The smallest absolute Gasteiger partial charge is 0.305 e. The molecule has 3 aromatic carbocycles. The van der Waals surface area contributed by atoms with Crippen molar-refractivity contribution in [1.82, 2.24) is 0 Å². The number of hydrogen-bond acceptors (Lipinski definition) is 3. The van der Waals surface area contributed by atoms with Gasteiger partial charge in [0, 0.05) is 22.8 Å². The molecule has 0 amide bonds.